The molecule has 0 nitrogen and oxygen atoms in total. The van der Waals surface area contributed by atoms with E-state index in [4.69, 9.17) is 0 Å². The van der Waals surface area contributed by atoms with Crippen LogP contribution in [0.3, 0.4) is 0 Å². The zero-order valence-corrected chi connectivity index (χ0v) is 17.9. The van der Waals surface area contributed by atoms with Crippen molar-refractivity contribution in [3.05, 3.63) is 0 Å². The normalized spacial score (nSPS) is 14.0. The van der Waals surface area contributed by atoms with Crippen LogP contribution >= 0.6 is 0 Å². The molecular formula is C24H50. The van der Waals surface area contributed by atoms with E-state index in [1.165, 1.54) is 116 Å². The van der Waals surface area contributed by atoms with Crippen LogP contribution in [0.4, 0.5) is 0 Å². The van der Waals surface area contributed by atoms with Gasteiger partial charge in [0.25, 0.3) is 0 Å². The average Bonchev–Trinajstić information content (AvgIpc) is 2.57. The standard InChI is InChI=1S/C24H50/c1-5-7-9-11-13-16-20-24(4)22-18-14-17-21-23(3)19-15-12-10-8-6-2/h23-24H,5-22H2,1-4H3. The molecule has 0 spiro atoms. The van der Waals surface area contributed by atoms with Crippen LogP contribution in [0.2, 0.25) is 0 Å². The summed E-state index contributed by atoms with van der Waals surface area (Å²) in [5, 5.41) is 0. The monoisotopic (exact) mass is 338 g/mol. The van der Waals surface area contributed by atoms with Gasteiger partial charge in [-0.1, -0.05) is 143 Å². The minimum Gasteiger partial charge on any atom is -0.0654 e. The van der Waals surface area contributed by atoms with Crippen molar-refractivity contribution >= 4 is 0 Å². The Bertz CT molecular complexity index is 220. The highest BCUT2D eigenvalue weighted by atomic mass is 14.1. The lowest BCUT2D eigenvalue weighted by atomic mass is 9.93. The second-order valence-electron chi connectivity index (χ2n) is 8.61. The van der Waals surface area contributed by atoms with E-state index >= 15 is 0 Å². The van der Waals surface area contributed by atoms with Gasteiger partial charge in [-0.05, 0) is 11.8 Å². The van der Waals surface area contributed by atoms with Crippen molar-refractivity contribution in [1.82, 2.24) is 0 Å². The van der Waals surface area contributed by atoms with Gasteiger partial charge in [0, 0.05) is 0 Å². The molecule has 0 saturated heterocycles. The van der Waals surface area contributed by atoms with Crippen molar-refractivity contribution in [3.63, 3.8) is 0 Å². The number of unbranched alkanes of at least 4 members (excludes halogenated alkanes) is 11. The van der Waals surface area contributed by atoms with Crippen molar-refractivity contribution < 1.29 is 0 Å². The summed E-state index contributed by atoms with van der Waals surface area (Å²) in [6, 6.07) is 0. The maximum absolute atomic E-state index is 2.48. The maximum Gasteiger partial charge on any atom is -0.0443 e. The summed E-state index contributed by atoms with van der Waals surface area (Å²) in [4.78, 5) is 0. The molecule has 0 aliphatic carbocycles. The topological polar surface area (TPSA) is 0 Å². The van der Waals surface area contributed by atoms with E-state index in [9.17, 15) is 0 Å². The molecule has 146 valence electrons. The highest BCUT2D eigenvalue weighted by Gasteiger charge is 2.04. The van der Waals surface area contributed by atoms with Crippen molar-refractivity contribution in [2.75, 3.05) is 0 Å². The highest BCUT2D eigenvalue weighted by Crippen LogP contribution is 2.20. The van der Waals surface area contributed by atoms with Gasteiger partial charge in [-0.25, -0.2) is 0 Å². The fraction of sp³-hybridized carbons (Fsp3) is 1.00. The van der Waals surface area contributed by atoms with Gasteiger partial charge in [-0.15, -0.1) is 0 Å². The molecule has 0 N–H and O–H groups in total. The largest absolute Gasteiger partial charge is 0.0654 e. The maximum atomic E-state index is 2.48. The molecule has 0 rings (SSSR count). The Morgan fingerprint density at radius 3 is 0.958 bits per heavy atom. The molecule has 0 aromatic rings. The van der Waals surface area contributed by atoms with Crippen LogP contribution < -0.4 is 0 Å². The highest BCUT2D eigenvalue weighted by molar-refractivity contribution is 4.58. The van der Waals surface area contributed by atoms with Gasteiger partial charge < -0.3 is 0 Å². The first-order valence-electron chi connectivity index (χ1n) is 11.7. The van der Waals surface area contributed by atoms with Crippen LogP contribution in [-0.2, 0) is 0 Å². The summed E-state index contributed by atoms with van der Waals surface area (Å²) in [7, 11) is 0. The minimum absolute atomic E-state index is 0.965. The van der Waals surface area contributed by atoms with Crippen molar-refractivity contribution in [2.45, 2.75) is 143 Å². The van der Waals surface area contributed by atoms with Gasteiger partial charge in [0.15, 0.2) is 0 Å². The van der Waals surface area contributed by atoms with Crippen LogP contribution in [0.1, 0.15) is 143 Å². The predicted molar refractivity (Wildman–Crippen MR) is 113 cm³/mol. The first-order chi connectivity index (χ1) is 11.7. The Morgan fingerprint density at radius 1 is 0.375 bits per heavy atom. The molecule has 0 aliphatic rings. The Morgan fingerprint density at radius 2 is 0.625 bits per heavy atom. The van der Waals surface area contributed by atoms with E-state index in [1.54, 1.807) is 0 Å². The third-order valence-electron chi connectivity index (χ3n) is 5.74. The lowest BCUT2D eigenvalue weighted by Gasteiger charge is -2.13. The van der Waals surface area contributed by atoms with Gasteiger partial charge in [0.05, 0.1) is 0 Å². The van der Waals surface area contributed by atoms with Gasteiger partial charge >= 0.3 is 0 Å². The van der Waals surface area contributed by atoms with E-state index < -0.39 is 0 Å². The fourth-order valence-corrected chi connectivity index (χ4v) is 3.82. The molecule has 0 saturated carbocycles. The minimum atomic E-state index is 0.965. The Hall–Kier alpha value is 0. The zero-order valence-electron chi connectivity index (χ0n) is 17.9. The summed E-state index contributed by atoms with van der Waals surface area (Å²) < 4.78 is 0. The van der Waals surface area contributed by atoms with E-state index in [1.807, 2.05) is 0 Å². The smallest absolute Gasteiger partial charge is 0.0443 e. The molecule has 0 radical (unpaired) electrons. The van der Waals surface area contributed by atoms with Gasteiger partial charge in [-0.2, -0.15) is 0 Å². The average molecular weight is 339 g/mol. The third-order valence-corrected chi connectivity index (χ3v) is 5.74. The number of rotatable bonds is 19. The van der Waals surface area contributed by atoms with Crippen molar-refractivity contribution in [1.29, 1.82) is 0 Å². The molecule has 0 amide bonds. The first-order valence-corrected chi connectivity index (χ1v) is 11.7. The van der Waals surface area contributed by atoms with Gasteiger partial charge in [0.1, 0.15) is 0 Å². The summed E-state index contributed by atoms with van der Waals surface area (Å²) >= 11 is 0. The SMILES string of the molecule is CCCCCCCCC(C)CCCCCC(C)CCCCCCC. The summed E-state index contributed by atoms with van der Waals surface area (Å²) in [6.45, 7) is 9.56. The summed E-state index contributed by atoms with van der Waals surface area (Å²) in [5.74, 6) is 1.93. The first kappa shape index (κ1) is 24.0. The number of hydrogen-bond donors (Lipinski definition) is 0. The van der Waals surface area contributed by atoms with Crippen LogP contribution in [0.15, 0.2) is 0 Å². The van der Waals surface area contributed by atoms with E-state index in [0.717, 1.165) is 11.8 Å². The van der Waals surface area contributed by atoms with Gasteiger partial charge in [0.2, 0.25) is 0 Å². The molecule has 0 heteroatoms. The fourth-order valence-electron chi connectivity index (χ4n) is 3.82. The predicted octanol–water partition coefficient (Wildman–Crippen LogP) is 9.32. The zero-order chi connectivity index (χ0) is 17.9. The van der Waals surface area contributed by atoms with E-state index in [0.29, 0.717) is 0 Å². The van der Waals surface area contributed by atoms with Crippen molar-refractivity contribution in [3.8, 4) is 0 Å². The summed E-state index contributed by atoms with van der Waals surface area (Å²) in [5.41, 5.74) is 0. The molecule has 0 fully saturated rings. The molecule has 0 heterocycles. The summed E-state index contributed by atoms with van der Waals surface area (Å²) in [6.07, 6.45) is 26.2. The van der Waals surface area contributed by atoms with Crippen LogP contribution in [0, 0.1) is 11.8 Å². The Kier molecular flexibility index (Phi) is 19.3. The Balaban J connectivity index is 3.27. The second kappa shape index (κ2) is 19.3. The molecule has 0 aliphatic heterocycles. The molecule has 0 bridgehead atoms. The Labute approximate surface area is 155 Å². The molecular weight excluding hydrogens is 288 g/mol. The lowest BCUT2D eigenvalue weighted by Crippen LogP contribution is -1.97. The molecule has 2 atom stereocenters. The molecule has 0 aromatic carbocycles. The molecule has 0 aromatic heterocycles. The second-order valence-corrected chi connectivity index (χ2v) is 8.61. The quantitative estimate of drug-likeness (QED) is 0.206. The van der Waals surface area contributed by atoms with Gasteiger partial charge in [-0.3, -0.25) is 0 Å². The number of hydrogen-bond acceptors (Lipinski definition) is 0. The van der Waals surface area contributed by atoms with Crippen LogP contribution in [0.25, 0.3) is 0 Å². The van der Waals surface area contributed by atoms with Crippen molar-refractivity contribution in [2.24, 2.45) is 11.8 Å². The third kappa shape index (κ3) is 18.3. The molecule has 2 unspecified atom stereocenters. The van der Waals surface area contributed by atoms with Crippen LogP contribution in [0.5, 0.6) is 0 Å². The van der Waals surface area contributed by atoms with Crippen LogP contribution in [-0.4, -0.2) is 0 Å². The van der Waals surface area contributed by atoms with E-state index in [-0.39, 0.29) is 0 Å². The lowest BCUT2D eigenvalue weighted by molar-refractivity contribution is 0.408. The van der Waals surface area contributed by atoms with E-state index in [2.05, 4.69) is 27.7 Å². The molecule has 24 heavy (non-hydrogen) atoms.